The van der Waals surface area contributed by atoms with Crippen LogP contribution < -0.4 is 5.43 Å². The Kier molecular flexibility index (Phi) is 5.25. The summed E-state index contributed by atoms with van der Waals surface area (Å²) in [4.78, 5) is 40.5. The minimum Gasteiger partial charge on any atom is -0.452 e. The van der Waals surface area contributed by atoms with Crippen LogP contribution >= 0.6 is 0 Å². The number of hydrogen-bond acceptors (Lipinski definition) is 4. The Bertz CT molecular complexity index is 1550. The number of carbonyl (C=O) groups excluding carboxylic acids is 2. The molecule has 4 nitrogen and oxygen atoms in total. The molecule has 158 valence electrons. The smallest absolute Gasteiger partial charge is 0.229 e. The Labute approximate surface area is 189 Å². The largest absolute Gasteiger partial charge is 0.452 e. The summed E-state index contributed by atoms with van der Waals surface area (Å²) in [6.07, 6.45) is 0. The lowest BCUT2D eigenvalue weighted by molar-refractivity contribution is 0.101. The van der Waals surface area contributed by atoms with Crippen molar-refractivity contribution in [2.45, 2.75) is 0 Å². The zero-order chi connectivity index (χ0) is 22.8. The SMILES string of the molecule is O=C(c1ccccc1)c1ccccc1-c1c(C(=O)c2ccccc2)oc2ccccc2c1=O. The number of ketones is 2. The van der Waals surface area contributed by atoms with Crippen molar-refractivity contribution in [3.05, 3.63) is 142 Å². The van der Waals surface area contributed by atoms with Crippen molar-refractivity contribution in [2.24, 2.45) is 0 Å². The van der Waals surface area contributed by atoms with E-state index in [0.717, 1.165) is 0 Å². The summed E-state index contributed by atoms with van der Waals surface area (Å²) in [7, 11) is 0. The third-order valence-corrected chi connectivity index (χ3v) is 5.52. The lowest BCUT2D eigenvalue weighted by Gasteiger charge is -2.13. The number of benzene rings is 4. The molecule has 0 saturated heterocycles. The fourth-order valence-corrected chi connectivity index (χ4v) is 3.91. The number of hydrogen-bond donors (Lipinski definition) is 0. The summed E-state index contributed by atoms with van der Waals surface area (Å²) in [6.45, 7) is 0. The van der Waals surface area contributed by atoms with Gasteiger partial charge in [-0.3, -0.25) is 14.4 Å². The highest BCUT2D eigenvalue weighted by molar-refractivity contribution is 6.16. The van der Waals surface area contributed by atoms with E-state index in [1.165, 1.54) is 0 Å². The van der Waals surface area contributed by atoms with Crippen LogP contribution in [0.3, 0.4) is 0 Å². The van der Waals surface area contributed by atoms with Gasteiger partial charge in [-0.05, 0) is 12.1 Å². The van der Waals surface area contributed by atoms with Gasteiger partial charge in [0.1, 0.15) is 5.58 Å². The molecule has 1 heterocycles. The van der Waals surface area contributed by atoms with Crippen LogP contribution in [-0.4, -0.2) is 11.6 Å². The van der Waals surface area contributed by atoms with Crippen molar-refractivity contribution in [1.29, 1.82) is 0 Å². The summed E-state index contributed by atoms with van der Waals surface area (Å²) in [6, 6.07) is 31.1. The van der Waals surface area contributed by atoms with Crippen LogP contribution in [0.1, 0.15) is 32.0 Å². The van der Waals surface area contributed by atoms with Gasteiger partial charge in [0.05, 0.1) is 10.9 Å². The maximum absolute atomic E-state index is 13.7. The predicted molar refractivity (Wildman–Crippen MR) is 128 cm³/mol. The number of para-hydroxylation sites is 1. The van der Waals surface area contributed by atoms with Crippen LogP contribution in [0.2, 0.25) is 0 Å². The highest BCUT2D eigenvalue weighted by Gasteiger charge is 2.26. The van der Waals surface area contributed by atoms with E-state index in [4.69, 9.17) is 4.42 Å². The summed E-state index contributed by atoms with van der Waals surface area (Å²) in [5.74, 6) is -0.745. The molecule has 5 aromatic rings. The number of rotatable bonds is 5. The van der Waals surface area contributed by atoms with Gasteiger partial charge in [0.2, 0.25) is 11.2 Å². The maximum Gasteiger partial charge on any atom is 0.229 e. The zero-order valence-electron chi connectivity index (χ0n) is 17.5. The average molecular weight is 430 g/mol. The third kappa shape index (κ3) is 3.68. The second-order valence-corrected chi connectivity index (χ2v) is 7.57. The van der Waals surface area contributed by atoms with Crippen LogP contribution in [0.25, 0.3) is 22.1 Å². The molecule has 4 aromatic carbocycles. The summed E-state index contributed by atoms with van der Waals surface area (Å²) >= 11 is 0. The second-order valence-electron chi connectivity index (χ2n) is 7.57. The van der Waals surface area contributed by atoms with E-state index in [1.807, 2.05) is 12.1 Å². The monoisotopic (exact) mass is 430 g/mol. The molecule has 0 aliphatic carbocycles. The lowest BCUT2D eigenvalue weighted by atomic mass is 9.91. The molecule has 0 atom stereocenters. The van der Waals surface area contributed by atoms with Crippen LogP contribution in [0.15, 0.2) is 118 Å². The van der Waals surface area contributed by atoms with Crippen molar-refractivity contribution in [2.75, 3.05) is 0 Å². The van der Waals surface area contributed by atoms with Gasteiger partial charge in [-0.15, -0.1) is 0 Å². The molecule has 0 radical (unpaired) electrons. The number of fused-ring (bicyclic) bond motifs is 1. The Morgan fingerprint density at radius 2 is 1.12 bits per heavy atom. The first-order chi connectivity index (χ1) is 16.1. The lowest BCUT2D eigenvalue weighted by Crippen LogP contribution is -2.16. The van der Waals surface area contributed by atoms with Crippen LogP contribution in [-0.2, 0) is 0 Å². The third-order valence-electron chi connectivity index (χ3n) is 5.52. The highest BCUT2D eigenvalue weighted by atomic mass is 16.3. The van der Waals surface area contributed by atoms with Crippen molar-refractivity contribution >= 4 is 22.5 Å². The van der Waals surface area contributed by atoms with Gasteiger partial charge in [-0.25, -0.2) is 0 Å². The molecular weight excluding hydrogens is 412 g/mol. The second kappa shape index (κ2) is 8.52. The standard InChI is InChI=1S/C29H18O4/c30-26(19-11-3-1-4-12-19)22-16-8-7-15-21(22)25-28(32)23-17-9-10-18-24(23)33-29(25)27(31)20-13-5-2-6-14-20/h1-18H. The van der Waals surface area contributed by atoms with Crippen LogP contribution in [0, 0.1) is 0 Å². The van der Waals surface area contributed by atoms with Gasteiger partial charge in [0.15, 0.2) is 11.5 Å². The zero-order valence-corrected chi connectivity index (χ0v) is 17.5. The molecule has 0 spiro atoms. The average Bonchev–Trinajstić information content (AvgIpc) is 2.89. The van der Waals surface area contributed by atoms with E-state index in [-0.39, 0.29) is 22.5 Å². The Morgan fingerprint density at radius 3 is 1.82 bits per heavy atom. The van der Waals surface area contributed by atoms with Crippen molar-refractivity contribution < 1.29 is 14.0 Å². The summed E-state index contributed by atoms with van der Waals surface area (Å²) in [5, 5.41) is 0.346. The molecular formula is C29H18O4. The predicted octanol–water partition coefficient (Wildman–Crippen LogP) is 5.92. The normalized spacial score (nSPS) is 10.8. The van der Waals surface area contributed by atoms with E-state index in [9.17, 15) is 14.4 Å². The fraction of sp³-hybridized carbons (Fsp3) is 0. The van der Waals surface area contributed by atoms with Gasteiger partial charge in [0, 0.05) is 22.3 Å². The maximum atomic E-state index is 13.7. The van der Waals surface area contributed by atoms with Gasteiger partial charge < -0.3 is 4.42 Å². The Morgan fingerprint density at radius 1 is 0.576 bits per heavy atom. The minimum absolute atomic E-state index is 0.0850. The molecule has 4 heteroatoms. The number of carbonyl (C=O) groups is 2. The van der Waals surface area contributed by atoms with Crippen molar-refractivity contribution in [1.82, 2.24) is 0 Å². The van der Waals surface area contributed by atoms with Crippen LogP contribution in [0.5, 0.6) is 0 Å². The molecule has 0 N–H and O–H groups in total. The van der Waals surface area contributed by atoms with E-state index in [1.54, 1.807) is 97.1 Å². The van der Waals surface area contributed by atoms with E-state index in [0.29, 0.717) is 33.2 Å². The minimum atomic E-state index is -0.421. The summed E-state index contributed by atoms with van der Waals surface area (Å²) < 4.78 is 6.02. The molecule has 0 amide bonds. The quantitative estimate of drug-likeness (QED) is 0.325. The van der Waals surface area contributed by atoms with Crippen molar-refractivity contribution in [3.63, 3.8) is 0 Å². The first kappa shape index (κ1) is 20.3. The fourth-order valence-electron chi connectivity index (χ4n) is 3.91. The molecule has 0 aliphatic heterocycles. The van der Waals surface area contributed by atoms with Gasteiger partial charge in [-0.2, -0.15) is 0 Å². The van der Waals surface area contributed by atoms with E-state index >= 15 is 0 Å². The van der Waals surface area contributed by atoms with Crippen LogP contribution in [0.4, 0.5) is 0 Å². The molecule has 0 saturated carbocycles. The highest BCUT2D eigenvalue weighted by Crippen LogP contribution is 2.30. The van der Waals surface area contributed by atoms with E-state index in [2.05, 4.69) is 0 Å². The van der Waals surface area contributed by atoms with Gasteiger partial charge >= 0.3 is 0 Å². The van der Waals surface area contributed by atoms with E-state index < -0.39 is 5.78 Å². The molecule has 5 rings (SSSR count). The Balaban J connectivity index is 1.81. The molecule has 0 aliphatic rings. The Hall–Kier alpha value is -4.57. The molecule has 0 bridgehead atoms. The first-order valence-corrected chi connectivity index (χ1v) is 10.5. The summed E-state index contributed by atoms with van der Waals surface area (Å²) in [5.41, 5.74) is 1.62. The van der Waals surface area contributed by atoms with Gasteiger partial charge in [-0.1, -0.05) is 97.1 Å². The topological polar surface area (TPSA) is 64.3 Å². The van der Waals surface area contributed by atoms with Crippen molar-refractivity contribution in [3.8, 4) is 11.1 Å². The molecule has 1 aromatic heterocycles. The molecule has 33 heavy (non-hydrogen) atoms. The molecule has 0 fully saturated rings. The van der Waals surface area contributed by atoms with Gasteiger partial charge in [0.25, 0.3) is 0 Å². The molecule has 0 unspecified atom stereocenters. The first-order valence-electron chi connectivity index (χ1n) is 10.5.